The van der Waals surface area contributed by atoms with Crippen LogP contribution in [0.5, 0.6) is 0 Å². The summed E-state index contributed by atoms with van der Waals surface area (Å²) in [5, 5.41) is 7.45. The molecular weight excluding hydrogens is 314 g/mol. The van der Waals surface area contributed by atoms with Crippen LogP contribution in [0, 0.1) is 6.92 Å². The molecule has 5 nitrogen and oxygen atoms in total. The van der Waals surface area contributed by atoms with Crippen LogP contribution in [0.2, 0.25) is 0 Å². The Kier molecular flexibility index (Phi) is 4.84. The first-order valence-electron chi connectivity index (χ1n) is 8.14. The number of aromatic nitrogens is 1. The lowest BCUT2D eigenvalue weighted by Gasteiger charge is -2.19. The van der Waals surface area contributed by atoms with Crippen LogP contribution in [-0.4, -0.2) is 18.1 Å². The normalized spacial score (nSPS) is 10.5. The zero-order valence-corrected chi connectivity index (χ0v) is 14.6. The quantitative estimate of drug-likeness (QED) is 0.757. The van der Waals surface area contributed by atoms with Crippen molar-refractivity contribution in [3.63, 3.8) is 0 Å². The maximum atomic E-state index is 11.6. The van der Waals surface area contributed by atoms with E-state index in [0.717, 1.165) is 28.4 Å². The SMILES string of the molecule is CC(=O)N(C)c1ccccc1NCc1cc(-c2ccc(C)cc2)no1. The largest absolute Gasteiger partial charge is 0.376 e. The number of carbonyl (C=O) groups excluding carboxylic acids is 1. The van der Waals surface area contributed by atoms with Crippen LogP contribution in [0.15, 0.2) is 59.1 Å². The van der Waals surface area contributed by atoms with Crippen LogP contribution in [0.3, 0.4) is 0 Å². The summed E-state index contributed by atoms with van der Waals surface area (Å²) >= 11 is 0. The number of hydrogen-bond donors (Lipinski definition) is 1. The topological polar surface area (TPSA) is 58.4 Å². The Labute approximate surface area is 147 Å². The van der Waals surface area contributed by atoms with Crippen molar-refractivity contribution < 1.29 is 9.32 Å². The number of rotatable bonds is 5. The molecule has 0 bridgehead atoms. The minimum atomic E-state index is -0.0180. The zero-order valence-electron chi connectivity index (χ0n) is 14.6. The lowest BCUT2D eigenvalue weighted by atomic mass is 10.1. The maximum absolute atomic E-state index is 11.6. The van der Waals surface area contributed by atoms with Crippen LogP contribution in [-0.2, 0) is 11.3 Å². The molecule has 5 heteroatoms. The Morgan fingerprint density at radius 1 is 1.16 bits per heavy atom. The summed E-state index contributed by atoms with van der Waals surface area (Å²) in [7, 11) is 1.76. The lowest BCUT2D eigenvalue weighted by Crippen LogP contribution is -2.23. The van der Waals surface area contributed by atoms with Crippen LogP contribution >= 0.6 is 0 Å². The van der Waals surface area contributed by atoms with Gasteiger partial charge < -0.3 is 14.7 Å². The highest BCUT2D eigenvalue weighted by Crippen LogP contribution is 2.26. The predicted octanol–water partition coefficient (Wildman–Crippen LogP) is 4.24. The van der Waals surface area contributed by atoms with Gasteiger partial charge in [-0.15, -0.1) is 0 Å². The molecule has 0 spiro atoms. The first-order chi connectivity index (χ1) is 12.0. The van der Waals surface area contributed by atoms with Crippen molar-refractivity contribution in [1.82, 2.24) is 5.16 Å². The van der Waals surface area contributed by atoms with Crippen molar-refractivity contribution in [1.29, 1.82) is 0 Å². The van der Waals surface area contributed by atoms with Gasteiger partial charge in [0.25, 0.3) is 0 Å². The number of para-hydroxylation sites is 2. The third-order valence-corrected chi connectivity index (χ3v) is 4.10. The number of amides is 1. The van der Waals surface area contributed by atoms with Crippen molar-refractivity contribution in [3.05, 3.63) is 65.9 Å². The molecule has 2 aromatic carbocycles. The molecule has 3 aromatic rings. The average molecular weight is 335 g/mol. The summed E-state index contributed by atoms with van der Waals surface area (Å²) in [6, 6.07) is 17.8. The molecule has 1 aromatic heterocycles. The second-order valence-corrected chi connectivity index (χ2v) is 5.99. The highest BCUT2D eigenvalue weighted by Gasteiger charge is 2.11. The number of nitrogens with zero attached hydrogens (tertiary/aromatic N) is 2. The van der Waals surface area contributed by atoms with E-state index in [1.54, 1.807) is 18.9 Å². The molecule has 1 amide bonds. The van der Waals surface area contributed by atoms with E-state index in [2.05, 4.69) is 29.5 Å². The van der Waals surface area contributed by atoms with E-state index in [1.165, 1.54) is 5.56 Å². The number of carbonyl (C=O) groups is 1. The van der Waals surface area contributed by atoms with Gasteiger partial charge in [0.1, 0.15) is 5.69 Å². The van der Waals surface area contributed by atoms with Crippen LogP contribution in [0.4, 0.5) is 11.4 Å². The Bertz CT molecular complexity index is 869. The molecule has 3 rings (SSSR count). The number of hydrogen-bond acceptors (Lipinski definition) is 4. The molecule has 1 N–H and O–H groups in total. The molecule has 0 aliphatic carbocycles. The standard InChI is InChI=1S/C20H21N3O2/c1-14-8-10-16(11-9-14)19-12-17(25-22-19)13-21-18-6-4-5-7-20(18)23(3)15(2)24/h4-12,21H,13H2,1-3H3. The number of nitrogens with one attached hydrogen (secondary N) is 1. The third-order valence-electron chi connectivity index (χ3n) is 4.10. The number of benzene rings is 2. The van der Waals surface area contributed by atoms with Gasteiger partial charge in [0.05, 0.1) is 17.9 Å². The fourth-order valence-electron chi connectivity index (χ4n) is 2.52. The first kappa shape index (κ1) is 16.8. The van der Waals surface area contributed by atoms with Crippen molar-refractivity contribution in [2.75, 3.05) is 17.3 Å². The van der Waals surface area contributed by atoms with E-state index in [1.807, 2.05) is 42.5 Å². The molecule has 0 saturated carbocycles. The summed E-state index contributed by atoms with van der Waals surface area (Å²) in [6.07, 6.45) is 0. The predicted molar refractivity (Wildman–Crippen MR) is 99.5 cm³/mol. The highest BCUT2D eigenvalue weighted by molar-refractivity contribution is 5.94. The Hall–Kier alpha value is -3.08. The van der Waals surface area contributed by atoms with E-state index in [9.17, 15) is 4.79 Å². The molecule has 0 unspecified atom stereocenters. The lowest BCUT2D eigenvalue weighted by molar-refractivity contribution is -0.116. The van der Waals surface area contributed by atoms with Gasteiger partial charge >= 0.3 is 0 Å². The van der Waals surface area contributed by atoms with Gasteiger partial charge in [0.15, 0.2) is 5.76 Å². The minimum Gasteiger partial charge on any atom is -0.376 e. The van der Waals surface area contributed by atoms with Gasteiger partial charge in [-0.25, -0.2) is 0 Å². The van der Waals surface area contributed by atoms with E-state index in [0.29, 0.717) is 6.54 Å². The second-order valence-electron chi connectivity index (χ2n) is 5.99. The maximum Gasteiger partial charge on any atom is 0.223 e. The molecule has 128 valence electrons. The van der Waals surface area contributed by atoms with E-state index in [-0.39, 0.29) is 5.91 Å². The summed E-state index contributed by atoms with van der Waals surface area (Å²) in [5.74, 6) is 0.714. The van der Waals surface area contributed by atoms with Crippen molar-refractivity contribution in [2.45, 2.75) is 20.4 Å². The molecule has 0 atom stereocenters. The second kappa shape index (κ2) is 7.21. The van der Waals surface area contributed by atoms with E-state index >= 15 is 0 Å². The van der Waals surface area contributed by atoms with Crippen LogP contribution < -0.4 is 10.2 Å². The summed E-state index contributed by atoms with van der Waals surface area (Å²) in [6.45, 7) is 4.08. The van der Waals surface area contributed by atoms with Crippen LogP contribution in [0.25, 0.3) is 11.3 Å². The summed E-state index contributed by atoms with van der Waals surface area (Å²) in [4.78, 5) is 13.2. The van der Waals surface area contributed by atoms with E-state index in [4.69, 9.17) is 4.52 Å². The van der Waals surface area contributed by atoms with Crippen molar-refractivity contribution >= 4 is 17.3 Å². The number of aryl methyl sites for hydroxylation is 1. The zero-order chi connectivity index (χ0) is 17.8. The molecule has 0 fully saturated rings. The van der Waals surface area contributed by atoms with Crippen molar-refractivity contribution in [3.8, 4) is 11.3 Å². The fourth-order valence-corrected chi connectivity index (χ4v) is 2.52. The summed E-state index contributed by atoms with van der Waals surface area (Å²) < 4.78 is 5.43. The molecule has 0 aliphatic heterocycles. The van der Waals surface area contributed by atoms with Gasteiger partial charge in [-0.05, 0) is 19.1 Å². The van der Waals surface area contributed by atoms with Gasteiger partial charge in [-0.2, -0.15) is 0 Å². The smallest absolute Gasteiger partial charge is 0.223 e. The van der Waals surface area contributed by atoms with Crippen molar-refractivity contribution in [2.24, 2.45) is 0 Å². The van der Waals surface area contributed by atoms with Gasteiger partial charge in [0, 0.05) is 25.6 Å². The molecule has 0 radical (unpaired) electrons. The van der Waals surface area contributed by atoms with Gasteiger partial charge in [0.2, 0.25) is 5.91 Å². The van der Waals surface area contributed by atoms with Gasteiger partial charge in [-0.1, -0.05) is 47.1 Å². The highest BCUT2D eigenvalue weighted by atomic mass is 16.5. The Morgan fingerprint density at radius 2 is 1.88 bits per heavy atom. The monoisotopic (exact) mass is 335 g/mol. The Morgan fingerprint density at radius 3 is 2.60 bits per heavy atom. The molecule has 0 saturated heterocycles. The molecule has 0 aliphatic rings. The Balaban J connectivity index is 1.73. The third kappa shape index (κ3) is 3.88. The molecule has 1 heterocycles. The number of anilines is 2. The first-order valence-corrected chi connectivity index (χ1v) is 8.14. The average Bonchev–Trinajstić information content (AvgIpc) is 3.09. The summed E-state index contributed by atoms with van der Waals surface area (Å²) in [5.41, 5.74) is 4.74. The van der Waals surface area contributed by atoms with E-state index < -0.39 is 0 Å². The molecular formula is C20H21N3O2. The van der Waals surface area contributed by atoms with Crippen LogP contribution in [0.1, 0.15) is 18.2 Å². The fraction of sp³-hybridized carbons (Fsp3) is 0.200. The molecule has 25 heavy (non-hydrogen) atoms. The van der Waals surface area contributed by atoms with Gasteiger partial charge in [-0.3, -0.25) is 4.79 Å². The minimum absolute atomic E-state index is 0.0180.